The molecule has 0 spiro atoms. The monoisotopic (exact) mass is 407 g/mol. The molecule has 1 fully saturated rings. The molecule has 3 aromatic rings. The van der Waals surface area contributed by atoms with Gasteiger partial charge in [0.2, 0.25) is 0 Å². The number of carbonyl (C=O) groups excluding carboxylic acids is 1. The Labute approximate surface area is 175 Å². The van der Waals surface area contributed by atoms with Gasteiger partial charge in [-0.25, -0.2) is 9.97 Å². The van der Waals surface area contributed by atoms with Gasteiger partial charge in [0.05, 0.1) is 31.8 Å². The number of hydrogen-bond donors (Lipinski definition) is 1. The molecule has 4 rings (SSSR count). The van der Waals surface area contributed by atoms with Crippen LogP contribution in [-0.2, 0) is 6.54 Å². The van der Waals surface area contributed by atoms with E-state index in [9.17, 15) is 4.79 Å². The first-order valence-corrected chi connectivity index (χ1v) is 9.84. The lowest BCUT2D eigenvalue weighted by molar-refractivity contribution is 0.0622. The van der Waals surface area contributed by atoms with Crippen LogP contribution in [-0.4, -0.2) is 66.1 Å². The molecule has 2 aromatic carbocycles. The third kappa shape index (κ3) is 3.99. The van der Waals surface area contributed by atoms with Gasteiger partial charge in [0.1, 0.15) is 23.1 Å². The molecule has 156 valence electrons. The maximum absolute atomic E-state index is 13.0. The molecule has 0 radical (unpaired) electrons. The summed E-state index contributed by atoms with van der Waals surface area (Å²) in [7, 11) is 3.14. The predicted molar refractivity (Wildman–Crippen MR) is 115 cm³/mol. The molecule has 0 saturated carbocycles. The van der Waals surface area contributed by atoms with Gasteiger partial charge in [-0.15, -0.1) is 0 Å². The van der Waals surface area contributed by atoms with Gasteiger partial charge in [-0.05, 0) is 24.3 Å². The Kier molecular flexibility index (Phi) is 5.67. The number of methoxy groups -OCH3 is 2. The van der Waals surface area contributed by atoms with E-state index in [-0.39, 0.29) is 5.91 Å². The van der Waals surface area contributed by atoms with E-state index in [1.54, 1.807) is 32.4 Å². The summed E-state index contributed by atoms with van der Waals surface area (Å²) in [5.41, 5.74) is 7.48. The van der Waals surface area contributed by atoms with E-state index in [0.717, 1.165) is 24.0 Å². The summed E-state index contributed by atoms with van der Waals surface area (Å²) in [5.74, 6) is 2.32. The second-order valence-corrected chi connectivity index (χ2v) is 7.18. The number of ether oxygens (including phenoxy) is 2. The first-order valence-electron chi connectivity index (χ1n) is 9.84. The van der Waals surface area contributed by atoms with Crippen molar-refractivity contribution in [3.8, 4) is 11.5 Å². The molecule has 0 bridgehead atoms. The van der Waals surface area contributed by atoms with Gasteiger partial charge >= 0.3 is 0 Å². The highest BCUT2D eigenvalue weighted by molar-refractivity contribution is 5.97. The maximum atomic E-state index is 13.0. The normalized spacial score (nSPS) is 14.7. The molecule has 0 atom stereocenters. The molecule has 8 nitrogen and oxygen atoms in total. The van der Waals surface area contributed by atoms with Crippen LogP contribution in [0.3, 0.4) is 0 Å². The second-order valence-electron chi connectivity index (χ2n) is 7.18. The Morgan fingerprint density at radius 3 is 2.53 bits per heavy atom. The highest BCUT2D eigenvalue weighted by Gasteiger charge is 2.25. The molecule has 30 heavy (non-hydrogen) atoms. The number of nitrogens with two attached hydrogens (primary N) is 1. The Morgan fingerprint density at radius 2 is 1.80 bits per heavy atom. The number of rotatable bonds is 5. The van der Waals surface area contributed by atoms with Crippen molar-refractivity contribution in [2.24, 2.45) is 0 Å². The number of piperazine rings is 1. The number of carbonyl (C=O) groups is 1. The minimum atomic E-state index is -0.0413. The van der Waals surface area contributed by atoms with Crippen molar-refractivity contribution < 1.29 is 14.3 Å². The van der Waals surface area contributed by atoms with Crippen LogP contribution in [0.2, 0.25) is 0 Å². The lowest BCUT2D eigenvalue weighted by atomic mass is 10.1. The summed E-state index contributed by atoms with van der Waals surface area (Å²) in [4.78, 5) is 26.1. The summed E-state index contributed by atoms with van der Waals surface area (Å²) in [5, 5.41) is 0.866. The topological polar surface area (TPSA) is 93.8 Å². The van der Waals surface area contributed by atoms with Crippen LogP contribution in [0.15, 0.2) is 42.5 Å². The molecular weight excluding hydrogens is 382 g/mol. The Bertz CT molecular complexity index is 1060. The molecule has 1 aliphatic heterocycles. The fourth-order valence-corrected chi connectivity index (χ4v) is 3.68. The summed E-state index contributed by atoms with van der Waals surface area (Å²) in [6.07, 6.45) is 0. The van der Waals surface area contributed by atoms with E-state index in [0.29, 0.717) is 48.3 Å². The fraction of sp³-hybridized carbons (Fsp3) is 0.318. The molecule has 8 heteroatoms. The largest absolute Gasteiger partial charge is 0.497 e. The summed E-state index contributed by atoms with van der Waals surface area (Å²) in [6.45, 7) is 3.32. The summed E-state index contributed by atoms with van der Waals surface area (Å²) < 4.78 is 10.6. The van der Waals surface area contributed by atoms with Gasteiger partial charge in [0.25, 0.3) is 5.91 Å². The van der Waals surface area contributed by atoms with Crippen LogP contribution < -0.4 is 15.2 Å². The van der Waals surface area contributed by atoms with Gasteiger partial charge in [-0.2, -0.15) is 0 Å². The first kappa shape index (κ1) is 19.9. The van der Waals surface area contributed by atoms with Crippen molar-refractivity contribution in [1.29, 1.82) is 0 Å². The number of amides is 1. The molecule has 1 amide bonds. The number of para-hydroxylation sites is 1. The van der Waals surface area contributed by atoms with E-state index in [2.05, 4.69) is 14.9 Å². The highest BCUT2D eigenvalue weighted by Crippen LogP contribution is 2.26. The number of benzene rings is 2. The number of anilines is 1. The number of hydrogen-bond acceptors (Lipinski definition) is 7. The molecule has 2 N–H and O–H groups in total. The van der Waals surface area contributed by atoms with E-state index in [4.69, 9.17) is 15.2 Å². The fourth-order valence-electron chi connectivity index (χ4n) is 3.68. The SMILES string of the molecule is COc1ccc(C(=O)N2CCN(Cc3nc(N)c4ccccc4n3)CC2)c(OC)c1. The average molecular weight is 407 g/mol. The molecule has 1 saturated heterocycles. The van der Waals surface area contributed by atoms with Crippen molar-refractivity contribution >= 4 is 22.6 Å². The Hall–Kier alpha value is -3.39. The quantitative estimate of drug-likeness (QED) is 0.693. The van der Waals surface area contributed by atoms with E-state index in [1.807, 2.05) is 29.2 Å². The van der Waals surface area contributed by atoms with E-state index >= 15 is 0 Å². The zero-order valence-electron chi connectivity index (χ0n) is 17.2. The van der Waals surface area contributed by atoms with Gasteiger partial charge in [-0.1, -0.05) is 12.1 Å². The van der Waals surface area contributed by atoms with Gasteiger partial charge in [-0.3, -0.25) is 9.69 Å². The second kappa shape index (κ2) is 8.54. The van der Waals surface area contributed by atoms with E-state index < -0.39 is 0 Å². The first-order chi connectivity index (χ1) is 14.6. The average Bonchev–Trinajstić information content (AvgIpc) is 2.78. The molecule has 2 heterocycles. The van der Waals surface area contributed by atoms with Crippen molar-refractivity contribution in [1.82, 2.24) is 19.8 Å². The van der Waals surface area contributed by atoms with Crippen molar-refractivity contribution in [3.63, 3.8) is 0 Å². The number of nitrogen functional groups attached to an aromatic ring is 1. The van der Waals surface area contributed by atoms with Crippen LogP contribution in [0.5, 0.6) is 11.5 Å². The Morgan fingerprint density at radius 1 is 1.03 bits per heavy atom. The van der Waals surface area contributed by atoms with Crippen molar-refractivity contribution in [2.45, 2.75) is 6.54 Å². The summed E-state index contributed by atoms with van der Waals surface area (Å²) in [6, 6.07) is 13.0. The smallest absolute Gasteiger partial charge is 0.257 e. The van der Waals surface area contributed by atoms with Crippen LogP contribution in [0.4, 0.5) is 5.82 Å². The molecular formula is C22H25N5O3. The minimum absolute atomic E-state index is 0.0413. The standard InChI is InChI=1S/C22H25N5O3/c1-29-15-7-8-17(19(13-15)30-2)22(28)27-11-9-26(10-12-27)14-20-24-18-6-4-3-5-16(18)21(23)25-20/h3-8,13H,9-12,14H2,1-2H3,(H2,23,24,25). The molecule has 0 unspecified atom stereocenters. The number of nitrogens with zero attached hydrogens (tertiary/aromatic N) is 4. The highest BCUT2D eigenvalue weighted by atomic mass is 16.5. The van der Waals surface area contributed by atoms with Gasteiger partial charge in [0, 0.05) is 37.6 Å². The van der Waals surface area contributed by atoms with Crippen molar-refractivity contribution in [2.75, 3.05) is 46.1 Å². The predicted octanol–water partition coefficient (Wildman–Crippen LogP) is 2.19. The van der Waals surface area contributed by atoms with Gasteiger partial charge in [0.15, 0.2) is 0 Å². The maximum Gasteiger partial charge on any atom is 0.257 e. The zero-order chi connectivity index (χ0) is 21.1. The van der Waals surface area contributed by atoms with Crippen LogP contribution in [0, 0.1) is 0 Å². The van der Waals surface area contributed by atoms with Crippen LogP contribution in [0.25, 0.3) is 10.9 Å². The van der Waals surface area contributed by atoms with Crippen LogP contribution >= 0.6 is 0 Å². The van der Waals surface area contributed by atoms with Crippen molar-refractivity contribution in [3.05, 3.63) is 53.9 Å². The molecule has 0 aliphatic carbocycles. The molecule has 1 aromatic heterocycles. The Balaban J connectivity index is 1.41. The van der Waals surface area contributed by atoms with Gasteiger partial charge < -0.3 is 20.1 Å². The lowest BCUT2D eigenvalue weighted by Crippen LogP contribution is -2.48. The van der Waals surface area contributed by atoms with E-state index in [1.165, 1.54) is 0 Å². The third-order valence-electron chi connectivity index (χ3n) is 5.34. The van der Waals surface area contributed by atoms with Crippen LogP contribution in [0.1, 0.15) is 16.2 Å². The summed E-state index contributed by atoms with van der Waals surface area (Å²) >= 11 is 0. The molecule has 1 aliphatic rings. The zero-order valence-corrected chi connectivity index (χ0v) is 17.2. The lowest BCUT2D eigenvalue weighted by Gasteiger charge is -2.34. The number of fused-ring (bicyclic) bond motifs is 1. The minimum Gasteiger partial charge on any atom is -0.497 e. The number of aromatic nitrogens is 2. The third-order valence-corrected chi connectivity index (χ3v) is 5.34.